The number of hydrogen-bond donors (Lipinski definition) is 2. The van der Waals surface area contributed by atoms with Crippen molar-refractivity contribution in [3.63, 3.8) is 0 Å². The Bertz CT molecular complexity index is 1260. The van der Waals surface area contributed by atoms with Gasteiger partial charge in [0.15, 0.2) is 0 Å². The maximum atomic E-state index is 12.3. The van der Waals surface area contributed by atoms with E-state index in [0.717, 1.165) is 5.56 Å². The molecule has 3 rings (SSSR count). The highest BCUT2D eigenvalue weighted by Gasteiger charge is 2.19. The molecule has 0 aliphatic rings. The third-order valence-electron chi connectivity index (χ3n) is 3.89. The van der Waals surface area contributed by atoms with Crippen molar-refractivity contribution >= 4 is 31.9 Å². The number of sulfonamides is 1. The first-order valence-electron chi connectivity index (χ1n) is 8.66. The topological polar surface area (TPSA) is 119 Å². The Labute approximate surface area is 174 Å². The number of nitrogens with one attached hydrogen (secondary N) is 2. The smallest absolute Gasteiger partial charge is 0.339 e. The van der Waals surface area contributed by atoms with Crippen LogP contribution in [0.1, 0.15) is 5.56 Å². The summed E-state index contributed by atoms with van der Waals surface area (Å²) in [6.07, 6.45) is 0. The minimum atomic E-state index is -4.06. The Morgan fingerprint density at radius 1 is 0.800 bits per heavy atom. The van der Waals surface area contributed by atoms with Crippen molar-refractivity contribution in [3.05, 3.63) is 84.4 Å². The molecule has 30 heavy (non-hydrogen) atoms. The van der Waals surface area contributed by atoms with Gasteiger partial charge in [0.2, 0.25) is 0 Å². The highest BCUT2D eigenvalue weighted by atomic mass is 32.2. The van der Waals surface area contributed by atoms with Gasteiger partial charge in [0.05, 0.1) is 4.90 Å². The number of hydrogen-bond acceptors (Lipinski definition) is 6. The number of aryl methyl sites for hydroxylation is 1. The van der Waals surface area contributed by atoms with E-state index < -0.39 is 26.2 Å². The molecular weight excluding hydrogens is 428 g/mol. The van der Waals surface area contributed by atoms with Crippen LogP contribution >= 0.6 is 0 Å². The van der Waals surface area contributed by atoms with Gasteiger partial charge in [-0.1, -0.05) is 42.0 Å². The lowest BCUT2D eigenvalue weighted by Gasteiger charge is -2.11. The molecule has 0 aliphatic heterocycles. The summed E-state index contributed by atoms with van der Waals surface area (Å²) in [5, 5.41) is 2.34. The Balaban J connectivity index is 1.70. The Hall–Kier alpha value is -3.37. The third-order valence-corrected chi connectivity index (χ3v) is 6.50. The fraction of sp³-hybridized carbons (Fsp3) is 0.0500. The fourth-order valence-corrected chi connectivity index (χ4v) is 4.29. The molecule has 0 saturated carbocycles. The largest absolute Gasteiger partial charge is 0.379 e. The van der Waals surface area contributed by atoms with Crippen LogP contribution in [0.25, 0.3) is 0 Å². The van der Waals surface area contributed by atoms with E-state index in [1.165, 1.54) is 48.5 Å². The van der Waals surface area contributed by atoms with Gasteiger partial charge in [0, 0.05) is 11.8 Å². The zero-order chi connectivity index (χ0) is 21.8. The maximum Gasteiger partial charge on any atom is 0.339 e. The van der Waals surface area contributed by atoms with Crippen molar-refractivity contribution < 1.29 is 25.8 Å². The van der Waals surface area contributed by atoms with Gasteiger partial charge in [-0.15, -0.1) is 0 Å². The summed E-state index contributed by atoms with van der Waals surface area (Å²) in [5.74, 6) is -0.0435. The van der Waals surface area contributed by atoms with Crippen LogP contribution in [-0.4, -0.2) is 22.9 Å². The van der Waals surface area contributed by atoms with Crippen LogP contribution in [0.5, 0.6) is 5.75 Å². The average molecular weight is 447 g/mol. The van der Waals surface area contributed by atoms with Gasteiger partial charge in [0.25, 0.3) is 10.0 Å². The van der Waals surface area contributed by atoms with E-state index in [-0.39, 0.29) is 21.2 Å². The second-order valence-corrected chi connectivity index (χ2v) is 9.48. The predicted molar refractivity (Wildman–Crippen MR) is 111 cm³/mol. The summed E-state index contributed by atoms with van der Waals surface area (Å²) in [6, 6.07) is 18.1. The van der Waals surface area contributed by atoms with Gasteiger partial charge in [-0.25, -0.2) is 17.9 Å². The van der Waals surface area contributed by atoms with E-state index in [9.17, 15) is 21.6 Å². The van der Waals surface area contributed by atoms with Crippen LogP contribution in [0, 0.1) is 6.92 Å². The van der Waals surface area contributed by atoms with Crippen LogP contribution in [0.15, 0.2) is 88.7 Å². The van der Waals surface area contributed by atoms with Gasteiger partial charge in [-0.3, -0.25) is 0 Å². The molecule has 0 saturated heterocycles. The van der Waals surface area contributed by atoms with Gasteiger partial charge >= 0.3 is 16.1 Å². The Morgan fingerprint density at radius 2 is 1.47 bits per heavy atom. The van der Waals surface area contributed by atoms with Crippen LogP contribution in [0.2, 0.25) is 0 Å². The minimum Gasteiger partial charge on any atom is -0.379 e. The van der Waals surface area contributed by atoms with Gasteiger partial charge in [0.1, 0.15) is 10.6 Å². The number of carbonyl (C=O) groups is 1. The van der Waals surface area contributed by atoms with Crippen LogP contribution in [0.3, 0.4) is 0 Å². The highest BCUT2D eigenvalue weighted by molar-refractivity contribution is 7.90. The monoisotopic (exact) mass is 446 g/mol. The molecule has 2 amide bonds. The molecule has 0 atom stereocenters. The quantitative estimate of drug-likeness (QED) is 0.561. The van der Waals surface area contributed by atoms with Gasteiger partial charge in [-0.2, -0.15) is 8.42 Å². The fourth-order valence-electron chi connectivity index (χ4n) is 2.44. The Morgan fingerprint density at radius 3 is 2.13 bits per heavy atom. The second kappa shape index (κ2) is 8.56. The summed E-state index contributed by atoms with van der Waals surface area (Å²) in [6.45, 7) is 1.81. The first-order chi connectivity index (χ1) is 14.2. The zero-order valence-corrected chi connectivity index (χ0v) is 17.4. The van der Waals surface area contributed by atoms with E-state index in [2.05, 4.69) is 5.32 Å². The SMILES string of the molecule is Cc1ccc(S(=O)(=O)NC(=O)Nc2cccc(OS(=O)(=O)c3ccccc3)c2)cc1. The van der Waals surface area contributed by atoms with Crippen LogP contribution in [-0.2, 0) is 20.1 Å². The molecule has 2 N–H and O–H groups in total. The lowest BCUT2D eigenvalue weighted by molar-refractivity contribution is 0.256. The maximum absolute atomic E-state index is 12.3. The average Bonchev–Trinajstić information content (AvgIpc) is 2.68. The molecule has 10 heteroatoms. The van der Waals surface area contributed by atoms with Gasteiger partial charge in [-0.05, 0) is 43.3 Å². The molecule has 0 aromatic heterocycles. The van der Waals surface area contributed by atoms with E-state index in [1.807, 2.05) is 11.6 Å². The Kier molecular flexibility index (Phi) is 6.09. The number of rotatable bonds is 6. The van der Waals surface area contributed by atoms with E-state index >= 15 is 0 Å². The molecule has 0 fully saturated rings. The van der Waals surface area contributed by atoms with Crippen molar-refractivity contribution in [2.75, 3.05) is 5.32 Å². The summed E-state index contributed by atoms with van der Waals surface area (Å²) < 4.78 is 56.1. The van der Waals surface area contributed by atoms with E-state index in [0.29, 0.717) is 0 Å². The van der Waals surface area contributed by atoms with Gasteiger partial charge < -0.3 is 9.50 Å². The summed E-state index contributed by atoms with van der Waals surface area (Å²) in [7, 11) is -8.11. The summed E-state index contributed by atoms with van der Waals surface area (Å²) in [5.41, 5.74) is 1.02. The number of urea groups is 1. The number of amides is 2. The standard InChI is InChI=1S/C20H18N2O6S2/c1-15-10-12-18(13-11-15)29(24,25)22-20(23)21-16-6-5-7-17(14-16)28-30(26,27)19-8-3-2-4-9-19/h2-14H,1H3,(H2,21,22,23). The molecule has 0 spiro atoms. The second-order valence-electron chi connectivity index (χ2n) is 6.25. The molecule has 0 heterocycles. The first-order valence-corrected chi connectivity index (χ1v) is 11.5. The lowest BCUT2D eigenvalue weighted by atomic mass is 10.2. The molecule has 0 radical (unpaired) electrons. The first kappa shape index (κ1) is 21.3. The van der Waals surface area contributed by atoms with Crippen molar-refractivity contribution in [2.45, 2.75) is 16.7 Å². The molecule has 0 bridgehead atoms. The van der Waals surface area contributed by atoms with Crippen LogP contribution < -0.4 is 14.2 Å². The van der Waals surface area contributed by atoms with Crippen molar-refractivity contribution in [1.29, 1.82) is 0 Å². The highest BCUT2D eigenvalue weighted by Crippen LogP contribution is 2.22. The summed E-state index contributed by atoms with van der Waals surface area (Å²) >= 11 is 0. The normalized spacial score (nSPS) is 11.5. The molecule has 0 aliphatic carbocycles. The predicted octanol–water partition coefficient (Wildman–Crippen LogP) is 3.27. The van der Waals surface area contributed by atoms with Crippen molar-refractivity contribution in [3.8, 4) is 5.75 Å². The number of carbonyl (C=O) groups excluding carboxylic acids is 1. The molecule has 3 aromatic carbocycles. The van der Waals surface area contributed by atoms with Crippen LogP contribution in [0.4, 0.5) is 10.5 Å². The van der Waals surface area contributed by atoms with E-state index in [4.69, 9.17) is 4.18 Å². The number of anilines is 1. The lowest BCUT2D eigenvalue weighted by Crippen LogP contribution is -2.34. The summed E-state index contributed by atoms with van der Waals surface area (Å²) in [4.78, 5) is 12.0. The van der Waals surface area contributed by atoms with E-state index in [1.54, 1.807) is 30.3 Å². The molecule has 156 valence electrons. The number of benzene rings is 3. The molecular formula is C20H18N2O6S2. The zero-order valence-electron chi connectivity index (χ0n) is 15.8. The molecule has 0 unspecified atom stereocenters. The van der Waals surface area contributed by atoms with Crippen molar-refractivity contribution in [1.82, 2.24) is 4.72 Å². The minimum absolute atomic E-state index is 0.0229. The third kappa shape index (κ3) is 5.37. The van der Waals surface area contributed by atoms with Crippen molar-refractivity contribution in [2.24, 2.45) is 0 Å². The molecule has 3 aromatic rings. The molecule has 8 nitrogen and oxygen atoms in total.